The minimum atomic E-state index is 0.170. The van der Waals surface area contributed by atoms with Crippen LogP contribution in [0.5, 0.6) is 0 Å². The average molecular weight is 383 g/mol. The molecule has 1 aromatic carbocycles. The van der Waals surface area contributed by atoms with Crippen LogP contribution >= 0.6 is 11.3 Å². The molecule has 0 radical (unpaired) electrons. The number of thiophene rings is 1. The monoisotopic (exact) mass is 382 g/mol. The first-order chi connectivity index (χ1) is 13.2. The zero-order valence-electron chi connectivity index (χ0n) is 15.9. The molecule has 6 heteroatoms. The predicted molar refractivity (Wildman–Crippen MR) is 111 cm³/mol. The number of benzene rings is 1. The largest absolute Gasteiger partial charge is 0.335 e. The van der Waals surface area contributed by atoms with Crippen LogP contribution in [0.15, 0.2) is 36.4 Å². The minimum absolute atomic E-state index is 0.170. The van der Waals surface area contributed by atoms with E-state index in [0.717, 1.165) is 65.4 Å². The summed E-state index contributed by atoms with van der Waals surface area (Å²) in [4.78, 5) is 17.3. The van der Waals surface area contributed by atoms with Gasteiger partial charge in [0, 0.05) is 18.0 Å². The lowest BCUT2D eigenvalue weighted by molar-refractivity contribution is 0.0648. The molecular weight excluding hydrogens is 356 g/mol. The fourth-order valence-corrected chi connectivity index (χ4v) is 4.99. The Labute approximate surface area is 164 Å². The number of hydrogen-bond donors (Lipinski definition) is 1. The fourth-order valence-electron chi connectivity index (χ4n) is 3.85. The number of nitrogens with one attached hydrogen (secondary N) is 1. The Morgan fingerprint density at radius 3 is 2.74 bits per heavy atom. The summed E-state index contributed by atoms with van der Waals surface area (Å²) in [6, 6.07) is 12.5. The molecule has 142 valence electrons. The van der Waals surface area contributed by atoms with Crippen molar-refractivity contribution in [2.75, 3.05) is 19.6 Å². The SMILES string of the molecule is CCCN(C(=O)c1cc2c(C)nn(-c3ccccc3)c2s1)C1CCNCC1. The van der Waals surface area contributed by atoms with Crippen molar-refractivity contribution in [3.05, 3.63) is 47.0 Å². The van der Waals surface area contributed by atoms with Gasteiger partial charge >= 0.3 is 0 Å². The number of fused-ring (bicyclic) bond motifs is 1. The standard InChI is InChI=1S/C21H26N4OS/c1-3-13-24(16-9-11-22-12-10-16)20(26)19-14-18-15(2)23-25(21(18)27-19)17-7-5-4-6-8-17/h4-8,14,16,22H,3,9-13H2,1-2H3. The van der Waals surface area contributed by atoms with Gasteiger partial charge in [-0.3, -0.25) is 4.79 Å². The number of carbonyl (C=O) groups is 1. The van der Waals surface area contributed by atoms with E-state index in [4.69, 9.17) is 0 Å². The van der Waals surface area contributed by atoms with E-state index in [2.05, 4.69) is 22.2 Å². The van der Waals surface area contributed by atoms with Gasteiger partial charge in [0.25, 0.3) is 5.91 Å². The molecule has 1 N–H and O–H groups in total. The van der Waals surface area contributed by atoms with Crippen molar-refractivity contribution in [3.63, 3.8) is 0 Å². The third-order valence-corrected chi connectivity index (χ3v) is 6.33. The van der Waals surface area contributed by atoms with Crippen LogP contribution in [0.3, 0.4) is 0 Å². The molecule has 1 aliphatic rings. The highest BCUT2D eigenvalue weighted by Gasteiger charge is 2.27. The normalized spacial score (nSPS) is 15.3. The summed E-state index contributed by atoms with van der Waals surface area (Å²) >= 11 is 1.56. The van der Waals surface area contributed by atoms with Crippen LogP contribution in [-0.2, 0) is 0 Å². The van der Waals surface area contributed by atoms with Crippen LogP contribution in [0.25, 0.3) is 15.9 Å². The van der Waals surface area contributed by atoms with E-state index in [1.807, 2.05) is 48.0 Å². The number of aromatic nitrogens is 2. The van der Waals surface area contributed by atoms with E-state index in [-0.39, 0.29) is 5.91 Å². The van der Waals surface area contributed by atoms with Crippen LogP contribution in [-0.4, -0.2) is 46.3 Å². The van der Waals surface area contributed by atoms with E-state index >= 15 is 0 Å². The maximum atomic E-state index is 13.3. The minimum Gasteiger partial charge on any atom is -0.335 e. The maximum absolute atomic E-state index is 13.3. The molecule has 1 fully saturated rings. The summed E-state index contributed by atoms with van der Waals surface area (Å²) in [5.41, 5.74) is 1.99. The van der Waals surface area contributed by atoms with E-state index in [1.165, 1.54) is 0 Å². The highest BCUT2D eigenvalue weighted by molar-refractivity contribution is 7.20. The number of hydrogen-bond acceptors (Lipinski definition) is 4. The van der Waals surface area contributed by atoms with Gasteiger partial charge in [0.05, 0.1) is 16.3 Å². The molecular formula is C21H26N4OS. The number of amides is 1. The van der Waals surface area contributed by atoms with Crippen molar-refractivity contribution in [3.8, 4) is 5.69 Å². The second-order valence-electron chi connectivity index (χ2n) is 7.14. The molecule has 5 nitrogen and oxygen atoms in total. The Kier molecular flexibility index (Phi) is 5.27. The molecule has 0 aliphatic carbocycles. The Morgan fingerprint density at radius 2 is 2.04 bits per heavy atom. The second kappa shape index (κ2) is 7.82. The van der Waals surface area contributed by atoms with Gasteiger partial charge < -0.3 is 10.2 Å². The smallest absolute Gasteiger partial charge is 0.264 e. The third kappa shape index (κ3) is 3.51. The number of piperidine rings is 1. The topological polar surface area (TPSA) is 50.2 Å². The van der Waals surface area contributed by atoms with Gasteiger partial charge in [0.1, 0.15) is 4.83 Å². The van der Waals surface area contributed by atoms with Gasteiger partial charge in [-0.15, -0.1) is 11.3 Å². The zero-order chi connectivity index (χ0) is 18.8. The number of carbonyl (C=O) groups excluding carboxylic acids is 1. The fraction of sp³-hybridized carbons (Fsp3) is 0.429. The molecule has 3 aromatic rings. The molecule has 27 heavy (non-hydrogen) atoms. The lowest BCUT2D eigenvalue weighted by atomic mass is 10.0. The van der Waals surface area contributed by atoms with Crippen LogP contribution in [0, 0.1) is 6.92 Å². The highest BCUT2D eigenvalue weighted by Crippen LogP contribution is 2.32. The molecule has 0 spiro atoms. The molecule has 3 heterocycles. The summed E-state index contributed by atoms with van der Waals surface area (Å²) in [5, 5.41) is 9.16. The first-order valence-corrected chi connectivity index (χ1v) is 10.6. The third-order valence-electron chi connectivity index (χ3n) is 5.23. The molecule has 0 atom stereocenters. The first-order valence-electron chi connectivity index (χ1n) is 9.75. The van der Waals surface area contributed by atoms with Crippen molar-refractivity contribution in [1.29, 1.82) is 0 Å². The Balaban J connectivity index is 1.69. The lowest BCUT2D eigenvalue weighted by Crippen LogP contribution is -2.46. The summed E-state index contributed by atoms with van der Waals surface area (Å²) in [6.45, 7) is 6.96. The molecule has 2 aromatic heterocycles. The van der Waals surface area contributed by atoms with Crippen molar-refractivity contribution in [1.82, 2.24) is 20.0 Å². The van der Waals surface area contributed by atoms with Crippen LogP contribution in [0.1, 0.15) is 41.6 Å². The molecule has 1 aliphatic heterocycles. The molecule has 0 saturated carbocycles. The van der Waals surface area contributed by atoms with Gasteiger partial charge in [0.2, 0.25) is 0 Å². The van der Waals surface area contributed by atoms with E-state index in [1.54, 1.807) is 11.3 Å². The van der Waals surface area contributed by atoms with Crippen molar-refractivity contribution < 1.29 is 4.79 Å². The second-order valence-corrected chi connectivity index (χ2v) is 8.17. The zero-order valence-corrected chi connectivity index (χ0v) is 16.8. The van der Waals surface area contributed by atoms with Crippen molar-refractivity contribution >= 4 is 27.5 Å². The predicted octanol–water partition coefficient (Wildman–Crippen LogP) is 4.00. The van der Waals surface area contributed by atoms with E-state index in [9.17, 15) is 4.79 Å². The van der Waals surface area contributed by atoms with Gasteiger partial charge in [-0.1, -0.05) is 25.1 Å². The molecule has 1 amide bonds. The highest BCUT2D eigenvalue weighted by atomic mass is 32.1. The Bertz CT molecular complexity index is 924. The Morgan fingerprint density at radius 1 is 1.30 bits per heavy atom. The van der Waals surface area contributed by atoms with Crippen LogP contribution in [0.2, 0.25) is 0 Å². The van der Waals surface area contributed by atoms with Gasteiger partial charge in [-0.2, -0.15) is 5.10 Å². The van der Waals surface area contributed by atoms with E-state index in [0.29, 0.717) is 6.04 Å². The number of rotatable bonds is 5. The first kappa shape index (κ1) is 18.2. The number of para-hydroxylation sites is 1. The maximum Gasteiger partial charge on any atom is 0.264 e. The van der Waals surface area contributed by atoms with Gasteiger partial charge in [-0.25, -0.2) is 4.68 Å². The van der Waals surface area contributed by atoms with Crippen LogP contribution < -0.4 is 5.32 Å². The summed E-state index contributed by atoms with van der Waals surface area (Å²) in [5.74, 6) is 0.170. The average Bonchev–Trinajstić information content (AvgIpc) is 3.28. The summed E-state index contributed by atoms with van der Waals surface area (Å²) in [6.07, 6.45) is 3.05. The Hall–Kier alpha value is -2.18. The molecule has 0 bridgehead atoms. The summed E-state index contributed by atoms with van der Waals surface area (Å²) < 4.78 is 1.96. The molecule has 4 rings (SSSR count). The van der Waals surface area contributed by atoms with Crippen molar-refractivity contribution in [2.45, 2.75) is 39.2 Å². The van der Waals surface area contributed by atoms with Crippen LogP contribution in [0.4, 0.5) is 0 Å². The van der Waals surface area contributed by atoms with Crippen molar-refractivity contribution in [2.24, 2.45) is 0 Å². The summed E-state index contributed by atoms with van der Waals surface area (Å²) in [7, 11) is 0. The van der Waals surface area contributed by atoms with Gasteiger partial charge in [0.15, 0.2) is 0 Å². The van der Waals surface area contributed by atoms with Gasteiger partial charge in [-0.05, 0) is 57.5 Å². The number of nitrogens with zero attached hydrogens (tertiary/aromatic N) is 3. The molecule has 0 unspecified atom stereocenters. The van der Waals surface area contributed by atoms with E-state index < -0.39 is 0 Å². The number of aryl methyl sites for hydroxylation is 1. The molecule has 1 saturated heterocycles. The lowest BCUT2D eigenvalue weighted by Gasteiger charge is -2.34. The quantitative estimate of drug-likeness (QED) is 0.726.